The predicted octanol–water partition coefficient (Wildman–Crippen LogP) is 3.64. The van der Waals surface area contributed by atoms with Crippen molar-refractivity contribution in [3.05, 3.63) is 59.3 Å². The Hall–Kier alpha value is -2.35. The third-order valence-electron chi connectivity index (χ3n) is 6.36. The van der Waals surface area contributed by atoms with E-state index in [1.165, 1.54) is 3.97 Å². The summed E-state index contributed by atoms with van der Waals surface area (Å²) in [6, 6.07) is 11.0. The average Bonchev–Trinajstić information content (AvgIpc) is 3.12. The lowest BCUT2D eigenvalue weighted by Gasteiger charge is -2.34. The fourth-order valence-electron chi connectivity index (χ4n) is 4.26. The largest absolute Gasteiger partial charge is 0.497 e. The molecule has 0 bridgehead atoms. The molecule has 0 unspecified atom stereocenters. The van der Waals surface area contributed by atoms with E-state index in [-0.39, 0.29) is 0 Å². The third kappa shape index (κ3) is 4.22. The number of ether oxygens (including phenoxy) is 1. The van der Waals surface area contributed by atoms with Crippen molar-refractivity contribution >= 4 is 20.9 Å². The highest BCUT2D eigenvalue weighted by molar-refractivity contribution is 7.90. The molecular formula is C24H31N3O3S. The average molecular weight is 442 g/mol. The molecule has 0 radical (unpaired) electrons. The van der Waals surface area contributed by atoms with Gasteiger partial charge in [-0.25, -0.2) is 12.4 Å². The van der Waals surface area contributed by atoms with Gasteiger partial charge in [-0.1, -0.05) is 13.0 Å². The van der Waals surface area contributed by atoms with Gasteiger partial charge in [0, 0.05) is 44.3 Å². The Morgan fingerprint density at radius 2 is 1.65 bits per heavy atom. The van der Waals surface area contributed by atoms with E-state index in [0.29, 0.717) is 16.2 Å². The number of piperazine rings is 1. The molecule has 7 heteroatoms. The lowest BCUT2D eigenvalue weighted by atomic mass is 10.1. The van der Waals surface area contributed by atoms with Crippen molar-refractivity contribution in [3.8, 4) is 5.75 Å². The number of rotatable bonds is 6. The first kappa shape index (κ1) is 21.9. The van der Waals surface area contributed by atoms with Crippen molar-refractivity contribution in [2.45, 2.75) is 32.2 Å². The smallest absolute Gasteiger partial charge is 0.268 e. The molecule has 0 amide bonds. The van der Waals surface area contributed by atoms with Crippen molar-refractivity contribution in [3.63, 3.8) is 0 Å². The molecule has 1 aliphatic heterocycles. The first-order chi connectivity index (χ1) is 14.8. The number of hydrogen-bond acceptors (Lipinski definition) is 5. The van der Waals surface area contributed by atoms with Gasteiger partial charge in [0.1, 0.15) is 5.75 Å². The van der Waals surface area contributed by atoms with E-state index in [1.54, 1.807) is 31.5 Å². The van der Waals surface area contributed by atoms with Crippen LogP contribution in [-0.2, 0) is 16.6 Å². The lowest BCUT2D eigenvalue weighted by molar-refractivity contribution is 0.131. The van der Waals surface area contributed by atoms with Crippen LogP contribution in [0.2, 0.25) is 0 Å². The Labute approximate surface area is 185 Å². The number of methoxy groups -OCH3 is 1. The molecule has 1 aliphatic rings. The Bertz CT molecular complexity index is 1190. The summed E-state index contributed by atoms with van der Waals surface area (Å²) in [6.45, 7) is 12.2. The molecule has 2 aromatic carbocycles. The predicted molar refractivity (Wildman–Crippen MR) is 124 cm³/mol. The Balaban J connectivity index is 1.66. The van der Waals surface area contributed by atoms with Crippen LogP contribution in [0.5, 0.6) is 5.75 Å². The number of nitrogens with zero attached hydrogens (tertiary/aromatic N) is 3. The lowest BCUT2D eigenvalue weighted by Crippen LogP contribution is -2.45. The molecule has 0 saturated carbocycles. The maximum absolute atomic E-state index is 13.6. The monoisotopic (exact) mass is 441 g/mol. The second-order valence-electron chi connectivity index (χ2n) is 8.29. The number of benzene rings is 2. The van der Waals surface area contributed by atoms with Gasteiger partial charge in [-0.15, -0.1) is 0 Å². The number of likely N-dealkylation sites (N-methyl/N-ethyl adjacent to an activating group) is 1. The highest BCUT2D eigenvalue weighted by atomic mass is 32.2. The van der Waals surface area contributed by atoms with Crippen LogP contribution >= 0.6 is 0 Å². The van der Waals surface area contributed by atoms with Crippen LogP contribution in [0.1, 0.15) is 23.6 Å². The molecule has 1 saturated heterocycles. The molecule has 166 valence electrons. The number of hydrogen-bond donors (Lipinski definition) is 0. The summed E-state index contributed by atoms with van der Waals surface area (Å²) in [5.74, 6) is 0.714. The van der Waals surface area contributed by atoms with Gasteiger partial charge >= 0.3 is 0 Å². The van der Waals surface area contributed by atoms with Gasteiger partial charge in [0.25, 0.3) is 10.0 Å². The first-order valence-electron chi connectivity index (χ1n) is 10.8. The maximum Gasteiger partial charge on any atom is 0.268 e. The normalized spacial score (nSPS) is 16.1. The van der Waals surface area contributed by atoms with Gasteiger partial charge in [0.15, 0.2) is 0 Å². The molecule has 0 spiro atoms. The summed E-state index contributed by atoms with van der Waals surface area (Å²) in [6.07, 6.45) is 1.70. The van der Waals surface area contributed by atoms with E-state index in [9.17, 15) is 8.42 Å². The van der Waals surface area contributed by atoms with Crippen molar-refractivity contribution < 1.29 is 13.2 Å². The Morgan fingerprint density at radius 3 is 2.32 bits per heavy atom. The molecule has 0 atom stereocenters. The van der Waals surface area contributed by atoms with E-state index >= 15 is 0 Å². The number of aromatic nitrogens is 1. The summed E-state index contributed by atoms with van der Waals surface area (Å²) in [4.78, 5) is 5.18. The van der Waals surface area contributed by atoms with Crippen molar-refractivity contribution in [1.82, 2.24) is 13.8 Å². The minimum Gasteiger partial charge on any atom is -0.497 e. The zero-order chi connectivity index (χ0) is 22.2. The Morgan fingerprint density at radius 1 is 0.935 bits per heavy atom. The van der Waals surface area contributed by atoms with E-state index in [2.05, 4.69) is 23.6 Å². The van der Waals surface area contributed by atoms with Crippen LogP contribution in [0.15, 0.2) is 47.5 Å². The summed E-state index contributed by atoms with van der Waals surface area (Å²) >= 11 is 0. The molecule has 6 nitrogen and oxygen atoms in total. The fourth-order valence-corrected chi connectivity index (χ4v) is 5.73. The van der Waals surface area contributed by atoms with Gasteiger partial charge in [-0.05, 0) is 67.4 Å². The molecule has 2 heterocycles. The van der Waals surface area contributed by atoms with Crippen LogP contribution in [0.25, 0.3) is 10.9 Å². The highest BCUT2D eigenvalue weighted by Gasteiger charge is 2.23. The van der Waals surface area contributed by atoms with E-state index in [0.717, 1.165) is 61.3 Å². The van der Waals surface area contributed by atoms with E-state index < -0.39 is 10.0 Å². The zero-order valence-electron chi connectivity index (χ0n) is 18.8. The maximum atomic E-state index is 13.6. The van der Waals surface area contributed by atoms with Gasteiger partial charge < -0.3 is 9.64 Å². The highest BCUT2D eigenvalue weighted by Crippen LogP contribution is 2.29. The van der Waals surface area contributed by atoms with Crippen LogP contribution in [0.3, 0.4) is 0 Å². The SMILES string of the molecule is CCN1CCN(Cc2cc(S(=O)(=O)n3cc(C)c4cc(OC)ccc43)ccc2C)CC1. The second-order valence-corrected chi connectivity index (χ2v) is 10.1. The molecule has 0 N–H and O–H groups in total. The summed E-state index contributed by atoms with van der Waals surface area (Å²) < 4.78 is 33.8. The minimum absolute atomic E-state index is 0.327. The second kappa shape index (κ2) is 8.65. The minimum atomic E-state index is -3.71. The molecule has 4 rings (SSSR count). The molecule has 1 aromatic heterocycles. The van der Waals surface area contributed by atoms with Gasteiger partial charge in [-0.2, -0.15) is 0 Å². The summed E-state index contributed by atoms with van der Waals surface area (Å²) in [5, 5.41) is 0.879. The summed E-state index contributed by atoms with van der Waals surface area (Å²) in [7, 11) is -2.10. The topological polar surface area (TPSA) is 54.8 Å². The standard InChI is InChI=1S/C24H31N3O3S/c1-5-25-10-12-26(13-11-25)17-20-14-22(8-6-18(20)2)31(28,29)27-16-19(3)23-15-21(30-4)7-9-24(23)27/h6-9,14-16H,5,10-13,17H2,1-4H3. The van der Waals surface area contributed by atoms with Crippen LogP contribution in [-0.4, -0.2) is 62.0 Å². The zero-order valence-corrected chi connectivity index (χ0v) is 19.6. The number of fused-ring (bicyclic) bond motifs is 1. The summed E-state index contributed by atoms with van der Waals surface area (Å²) in [5.41, 5.74) is 3.76. The molecule has 0 aliphatic carbocycles. The van der Waals surface area contributed by atoms with E-state index in [4.69, 9.17) is 4.74 Å². The van der Waals surface area contributed by atoms with E-state index in [1.807, 2.05) is 25.1 Å². The van der Waals surface area contributed by atoms with Gasteiger partial charge in [0.05, 0.1) is 17.5 Å². The third-order valence-corrected chi connectivity index (χ3v) is 8.03. The van der Waals surface area contributed by atoms with Crippen molar-refractivity contribution in [1.29, 1.82) is 0 Å². The van der Waals surface area contributed by atoms with Crippen molar-refractivity contribution in [2.24, 2.45) is 0 Å². The van der Waals surface area contributed by atoms with Gasteiger partial charge in [-0.3, -0.25) is 4.90 Å². The first-order valence-corrected chi connectivity index (χ1v) is 12.2. The van der Waals surface area contributed by atoms with Crippen LogP contribution < -0.4 is 4.74 Å². The molecular weight excluding hydrogens is 410 g/mol. The molecule has 3 aromatic rings. The van der Waals surface area contributed by atoms with Crippen LogP contribution in [0.4, 0.5) is 0 Å². The van der Waals surface area contributed by atoms with Gasteiger partial charge in [0.2, 0.25) is 0 Å². The van der Waals surface area contributed by atoms with Crippen molar-refractivity contribution in [2.75, 3.05) is 39.8 Å². The fraction of sp³-hybridized carbons (Fsp3) is 0.417. The number of aryl methyl sites for hydroxylation is 2. The molecule has 1 fully saturated rings. The molecule has 31 heavy (non-hydrogen) atoms. The quantitative estimate of drug-likeness (QED) is 0.585. The van der Waals surface area contributed by atoms with Crippen LogP contribution in [0, 0.1) is 13.8 Å². The Kier molecular flexibility index (Phi) is 6.10.